The quantitative estimate of drug-likeness (QED) is 0.697. The monoisotopic (exact) mass is 385 g/mol. The molecule has 0 N–H and O–H groups in total. The van der Waals surface area contributed by atoms with Crippen LogP contribution in [0.1, 0.15) is 49.2 Å². The van der Waals surface area contributed by atoms with Crippen molar-refractivity contribution in [3.8, 4) is 0 Å². The molecular weight excluding hydrogens is 357 g/mol. The molecule has 1 heterocycles. The van der Waals surface area contributed by atoms with Crippen LogP contribution in [0.4, 0.5) is 4.39 Å². The SMILES string of the molecule is CCC(C)N(CC(=O)N(Cc1cccn1C)C1CC1)C(=O)c1ccccc1F. The predicted octanol–water partition coefficient (Wildman–Crippen LogP) is 3.60. The van der Waals surface area contributed by atoms with Gasteiger partial charge in [-0.25, -0.2) is 4.39 Å². The van der Waals surface area contributed by atoms with Crippen molar-refractivity contribution < 1.29 is 14.0 Å². The molecular formula is C22H28FN3O2. The first kappa shape index (κ1) is 20.1. The zero-order chi connectivity index (χ0) is 20.3. The number of halogens is 1. The molecule has 1 fully saturated rings. The number of carbonyl (C=O) groups excluding carboxylic acids is 2. The first-order valence-electron chi connectivity index (χ1n) is 9.87. The number of benzene rings is 1. The third-order valence-electron chi connectivity index (χ3n) is 5.49. The van der Waals surface area contributed by atoms with Crippen LogP contribution in [0.25, 0.3) is 0 Å². The Morgan fingerprint density at radius 3 is 2.50 bits per heavy atom. The van der Waals surface area contributed by atoms with Crippen molar-refractivity contribution in [1.82, 2.24) is 14.4 Å². The molecule has 0 saturated heterocycles. The molecule has 1 aromatic carbocycles. The molecule has 3 rings (SSSR count). The largest absolute Gasteiger partial charge is 0.353 e. The van der Waals surface area contributed by atoms with Crippen LogP contribution in [0.3, 0.4) is 0 Å². The zero-order valence-electron chi connectivity index (χ0n) is 16.8. The summed E-state index contributed by atoms with van der Waals surface area (Å²) in [7, 11) is 1.96. The van der Waals surface area contributed by atoms with Crippen LogP contribution in [0.2, 0.25) is 0 Å². The van der Waals surface area contributed by atoms with Crippen LogP contribution in [-0.2, 0) is 18.4 Å². The van der Waals surface area contributed by atoms with Crippen molar-refractivity contribution >= 4 is 11.8 Å². The lowest BCUT2D eigenvalue weighted by Gasteiger charge is -2.31. The van der Waals surface area contributed by atoms with Crippen LogP contribution in [-0.4, -0.2) is 44.8 Å². The Morgan fingerprint density at radius 1 is 1.21 bits per heavy atom. The van der Waals surface area contributed by atoms with E-state index in [4.69, 9.17) is 0 Å². The summed E-state index contributed by atoms with van der Waals surface area (Å²) >= 11 is 0. The lowest BCUT2D eigenvalue weighted by molar-refractivity contribution is -0.133. The lowest BCUT2D eigenvalue weighted by atomic mass is 10.1. The molecule has 2 aromatic rings. The van der Waals surface area contributed by atoms with E-state index in [1.807, 2.05) is 48.7 Å². The number of aryl methyl sites for hydroxylation is 1. The normalized spacial score (nSPS) is 14.6. The van der Waals surface area contributed by atoms with Gasteiger partial charge in [0.15, 0.2) is 0 Å². The first-order chi connectivity index (χ1) is 13.4. The molecule has 1 aromatic heterocycles. The number of rotatable bonds is 8. The molecule has 0 bridgehead atoms. The number of nitrogens with zero attached hydrogens (tertiary/aromatic N) is 3. The van der Waals surface area contributed by atoms with E-state index >= 15 is 0 Å². The third-order valence-corrected chi connectivity index (χ3v) is 5.49. The fraction of sp³-hybridized carbons (Fsp3) is 0.455. The van der Waals surface area contributed by atoms with Gasteiger partial charge in [0.25, 0.3) is 5.91 Å². The fourth-order valence-corrected chi connectivity index (χ4v) is 3.32. The average Bonchev–Trinajstić information content (AvgIpc) is 3.45. The molecule has 6 heteroatoms. The molecule has 0 spiro atoms. The van der Waals surface area contributed by atoms with E-state index in [0.29, 0.717) is 13.0 Å². The Hall–Kier alpha value is -2.63. The third kappa shape index (κ3) is 4.43. The average molecular weight is 385 g/mol. The Morgan fingerprint density at radius 2 is 1.93 bits per heavy atom. The fourth-order valence-electron chi connectivity index (χ4n) is 3.32. The van der Waals surface area contributed by atoms with Gasteiger partial charge in [-0.1, -0.05) is 19.1 Å². The summed E-state index contributed by atoms with van der Waals surface area (Å²) in [4.78, 5) is 29.5. The lowest BCUT2D eigenvalue weighted by Crippen LogP contribution is -2.47. The van der Waals surface area contributed by atoms with Crippen molar-refractivity contribution in [3.63, 3.8) is 0 Å². The second-order valence-corrected chi connectivity index (χ2v) is 7.53. The van der Waals surface area contributed by atoms with Gasteiger partial charge in [0, 0.05) is 31.0 Å². The second kappa shape index (κ2) is 8.59. The molecule has 1 aliphatic rings. The minimum atomic E-state index is -0.559. The van der Waals surface area contributed by atoms with Gasteiger partial charge in [0.2, 0.25) is 5.91 Å². The number of aromatic nitrogens is 1. The maximum atomic E-state index is 14.2. The van der Waals surface area contributed by atoms with Crippen LogP contribution in [0.5, 0.6) is 0 Å². The predicted molar refractivity (Wildman–Crippen MR) is 106 cm³/mol. The maximum Gasteiger partial charge on any atom is 0.257 e. The summed E-state index contributed by atoms with van der Waals surface area (Å²) in [5.74, 6) is -1.08. The Balaban J connectivity index is 1.79. The molecule has 150 valence electrons. The molecule has 1 atom stereocenters. The second-order valence-electron chi connectivity index (χ2n) is 7.53. The molecule has 1 saturated carbocycles. The van der Waals surface area contributed by atoms with Crippen molar-refractivity contribution in [2.24, 2.45) is 7.05 Å². The zero-order valence-corrected chi connectivity index (χ0v) is 16.8. The summed E-state index contributed by atoms with van der Waals surface area (Å²) in [5.41, 5.74) is 1.06. The summed E-state index contributed by atoms with van der Waals surface area (Å²) in [6.45, 7) is 4.34. The van der Waals surface area contributed by atoms with Crippen LogP contribution in [0, 0.1) is 5.82 Å². The maximum absolute atomic E-state index is 14.2. The van der Waals surface area contributed by atoms with E-state index in [9.17, 15) is 14.0 Å². The van der Waals surface area contributed by atoms with Crippen LogP contribution >= 0.6 is 0 Å². The smallest absolute Gasteiger partial charge is 0.257 e. The summed E-state index contributed by atoms with van der Waals surface area (Å²) in [5, 5.41) is 0. The van der Waals surface area contributed by atoms with Gasteiger partial charge in [-0.15, -0.1) is 0 Å². The van der Waals surface area contributed by atoms with Gasteiger partial charge in [-0.05, 0) is 50.5 Å². The van der Waals surface area contributed by atoms with Crippen molar-refractivity contribution in [2.45, 2.75) is 51.7 Å². The van der Waals surface area contributed by atoms with Gasteiger partial charge in [-0.2, -0.15) is 0 Å². The highest BCUT2D eigenvalue weighted by Gasteiger charge is 2.35. The van der Waals surface area contributed by atoms with Crippen molar-refractivity contribution in [2.75, 3.05) is 6.54 Å². The van der Waals surface area contributed by atoms with Crippen molar-refractivity contribution in [3.05, 3.63) is 59.7 Å². The van der Waals surface area contributed by atoms with Crippen LogP contribution in [0.15, 0.2) is 42.6 Å². The van der Waals surface area contributed by atoms with Gasteiger partial charge in [-0.3, -0.25) is 9.59 Å². The highest BCUT2D eigenvalue weighted by molar-refractivity contribution is 5.97. The number of carbonyl (C=O) groups is 2. The molecule has 5 nitrogen and oxygen atoms in total. The minimum absolute atomic E-state index is 0.0102. The van der Waals surface area contributed by atoms with E-state index in [2.05, 4.69) is 0 Å². The van der Waals surface area contributed by atoms with E-state index in [-0.39, 0.29) is 30.1 Å². The van der Waals surface area contributed by atoms with Crippen LogP contribution < -0.4 is 0 Å². The Labute approximate surface area is 165 Å². The van der Waals surface area contributed by atoms with E-state index < -0.39 is 11.7 Å². The van der Waals surface area contributed by atoms with E-state index in [1.165, 1.54) is 17.0 Å². The molecule has 2 amide bonds. The molecule has 28 heavy (non-hydrogen) atoms. The van der Waals surface area contributed by atoms with E-state index in [0.717, 1.165) is 18.5 Å². The molecule has 0 radical (unpaired) electrons. The highest BCUT2D eigenvalue weighted by atomic mass is 19.1. The highest BCUT2D eigenvalue weighted by Crippen LogP contribution is 2.29. The first-order valence-corrected chi connectivity index (χ1v) is 9.87. The number of hydrogen-bond acceptors (Lipinski definition) is 2. The number of amides is 2. The van der Waals surface area contributed by atoms with Crippen molar-refractivity contribution in [1.29, 1.82) is 0 Å². The number of hydrogen-bond donors (Lipinski definition) is 0. The van der Waals surface area contributed by atoms with Gasteiger partial charge in [0.1, 0.15) is 12.4 Å². The standard InChI is InChI=1S/C22H28FN3O2/c1-4-16(2)25(22(28)19-9-5-6-10-20(19)23)15-21(27)26(17-11-12-17)14-18-8-7-13-24(18)3/h5-10,13,16-17H,4,11-12,14-15H2,1-3H3. The minimum Gasteiger partial charge on any atom is -0.353 e. The Bertz CT molecular complexity index is 844. The Kier molecular flexibility index (Phi) is 6.17. The topological polar surface area (TPSA) is 45.6 Å². The molecule has 1 aliphatic carbocycles. The van der Waals surface area contributed by atoms with Gasteiger partial charge in [0.05, 0.1) is 12.1 Å². The molecule has 0 aliphatic heterocycles. The van der Waals surface area contributed by atoms with Gasteiger partial charge < -0.3 is 14.4 Å². The summed E-state index contributed by atoms with van der Waals surface area (Å²) in [6.07, 6.45) is 4.62. The molecule has 1 unspecified atom stereocenters. The summed E-state index contributed by atoms with van der Waals surface area (Å²) < 4.78 is 16.2. The summed E-state index contributed by atoms with van der Waals surface area (Å²) in [6, 6.07) is 9.96. The van der Waals surface area contributed by atoms with Gasteiger partial charge >= 0.3 is 0 Å². The van der Waals surface area contributed by atoms with E-state index in [1.54, 1.807) is 12.1 Å².